The SMILES string of the molecule is CC/C=C\CCCCOC(CCC(=O)OCCC(CCOC(=O)CCCCCCC/C=C\C/C=C\CCCCC)OC(=O)n1ccnc1)OCCCC/C=C\CC. The van der Waals surface area contributed by atoms with E-state index in [-0.39, 0.29) is 44.4 Å². The van der Waals surface area contributed by atoms with Gasteiger partial charge in [-0.3, -0.25) is 9.59 Å². The van der Waals surface area contributed by atoms with Crippen LogP contribution in [0.5, 0.6) is 0 Å². The van der Waals surface area contributed by atoms with Crippen LogP contribution in [0.4, 0.5) is 4.79 Å². The Morgan fingerprint density at radius 2 is 1.11 bits per heavy atom. The van der Waals surface area contributed by atoms with Gasteiger partial charge in [-0.05, 0) is 89.9 Å². The van der Waals surface area contributed by atoms with Crippen LogP contribution in [0.25, 0.3) is 0 Å². The molecule has 0 amide bonds. The van der Waals surface area contributed by atoms with Crippen LogP contribution in [0.1, 0.15) is 175 Å². The summed E-state index contributed by atoms with van der Waals surface area (Å²) >= 11 is 0. The monoisotopic (exact) mass is 799 g/mol. The predicted molar refractivity (Wildman–Crippen MR) is 230 cm³/mol. The summed E-state index contributed by atoms with van der Waals surface area (Å²) in [5.74, 6) is -0.627. The van der Waals surface area contributed by atoms with E-state index in [2.05, 4.69) is 74.4 Å². The fourth-order valence-electron chi connectivity index (χ4n) is 5.84. The van der Waals surface area contributed by atoms with Crippen LogP contribution >= 0.6 is 0 Å². The van der Waals surface area contributed by atoms with Gasteiger partial charge in [0.1, 0.15) is 12.4 Å². The molecule has 57 heavy (non-hydrogen) atoms. The molecule has 1 atom stereocenters. The standard InChI is InChI=1S/C47H78N2O8/c1-4-7-10-13-16-17-18-19-20-21-22-23-24-25-28-31-44(50)53-40-34-43(57-47(52)49-37-36-48-42-49)35-41-54-45(51)32-33-46(55-38-29-26-14-11-8-5-2)56-39-30-27-15-12-9-6-3/h8-9,11-12,16-17,19-20,36-37,42-43,46H,4-7,10,13-15,18,21-35,38-41H2,1-3H3/b11-8-,12-9-,17-16-,20-19-. The Bertz CT molecular complexity index is 1190. The Morgan fingerprint density at radius 1 is 0.579 bits per heavy atom. The number of aromatic nitrogens is 2. The summed E-state index contributed by atoms with van der Waals surface area (Å²) in [7, 11) is 0. The molecule has 0 radical (unpaired) electrons. The quantitative estimate of drug-likeness (QED) is 0.0212. The van der Waals surface area contributed by atoms with Crippen molar-refractivity contribution in [2.45, 2.75) is 187 Å². The minimum atomic E-state index is -0.616. The summed E-state index contributed by atoms with van der Waals surface area (Å²) < 4.78 is 30.0. The van der Waals surface area contributed by atoms with Crippen molar-refractivity contribution in [1.29, 1.82) is 0 Å². The molecule has 1 aromatic heterocycles. The number of imidazole rings is 1. The minimum absolute atomic E-state index is 0.0591. The van der Waals surface area contributed by atoms with Crippen LogP contribution < -0.4 is 0 Å². The fourth-order valence-corrected chi connectivity index (χ4v) is 5.84. The van der Waals surface area contributed by atoms with Gasteiger partial charge in [0.15, 0.2) is 6.29 Å². The zero-order chi connectivity index (χ0) is 41.3. The Hall–Kier alpha value is -3.50. The maximum Gasteiger partial charge on any atom is 0.419 e. The Labute approximate surface area is 345 Å². The first-order chi connectivity index (χ1) is 28.0. The van der Waals surface area contributed by atoms with Crippen molar-refractivity contribution >= 4 is 18.0 Å². The number of hydrogen-bond donors (Lipinski definition) is 0. The molecule has 0 aromatic carbocycles. The van der Waals surface area contributed by atoms with E-state index in [1.165, 1.54) is 49.0 Å². The zero-order valence-electron chi connectivity index (χ0n) is 36.0. The van der Waals surface area contributed by atoms with Gasteiger partial charge in [-0.1, -0.05) is 101 Å². The Balaban J connectivity index is 2.40. The highest BCUT2D eigenvalue weighted by Gasteiger charge is 2.19. The van der Waals surface area contributed by atoms with E-state index in [0.717, 1.165) is 96.3 Å². The molecule has 1 unspecified atom stereocenters. The third kappa shape index (κ3) is 33.2. The van der Waals surface area contributed by atoms with E-state index in [4.69, 9.17) is 23.7 Å². The van der Waals surface area contributed by atoms with Gasteiger partial charge < -0.3 is 23.7 Å². The van der Waals surface area contributed by atoms with Gasteiger partial charge >= 0.3 is 18.0 Å². The summed E-state index contributed by atoms with van der Waals surface area (Å²) in [6, 6.07) is 0. The number of ether oxygens (including phenoxy) is 5. The Morgan fingerprint density at radius 3 is 1.67 bits per heavy atom. The van der Waals surface area contributed by atoms with E-state index in [0.29, 0.717) is 26.1 Å². The maximum atomic E-state index is 12.7. The predicted octanol–water partition coefficient (Wildman–Crippen LogP) is 12.3. The number of allylic oxidation sites excluding steroid dienone is 8. The number of carbonyl (C=O) groups excluding carboxylic acids is 3. The first kappa shape index (κ1) is 51.5. The highest BCUT2D eigenvalue weighted by atomic mass is 16.7. The number of esters is 2. The molecule has 0 aliphatic heterocycles. The summed E-state index contributed by atoms with van der Waals surface area (Å²) in [6.07, 6.45) is 42.3. The van der Waals surface area contributed by atoms with E-state index >= 15 is 0 Å². The molecule has 1 aromatic rings. The van der Waals surface area contributed by atoms with Crippen LogP contribution in [0.3, 0.4) is 0 Å². The van der Waals surface area contributed by atoms with Crippen molar-refractivity contribution in [3.8, 4) is 0 Å². The summed E-state index contributed by atoms with van der Waals surface area (Å²) in [6.45, 7) is 7.80. The third-order valence-electron chi connectivity index (χ3n) is 9.25. The van der Waals surface area contributed by atoms with Gasteiger partial charge in [0.05, 0.1) is 19.6 Å². The molecule has 0 aliphatic rings. The lowest BCUT2D eigenvalue weighted by Crippen LogP contribution is -2.26. The van der Waals surface area contributed by atoms with Crippen LogP contribution in [0.2, 0.25) is 0 Å². The van der Waals surface area contributed by atoms with Gasteiger partial charge in [-0.25, -0.2) is 14.3 Å². The molecule has 0 aliphatic carbocycles. The highest BCUT2D eigenvalue weighted by molar-refractivity contribution is 5.70. The summed E-state index contributed by atoms with van der Waals surface area (Å²) in [5.41, 5.74) is 0. The number of carbonyl (C=O) groups is 3. The van der Waals surface area contributed by atoms with Gasteiger partial charge in [-0.15, -0.1) is 0 Å². The molecule has 0 saturated heterocycles. The largest absolute Gasteiger partial charge is 0.466 e. The van der Waals surface area contributed by atoms with Crippen molar-refractivity contribution in [1.82, 2.24) is 9.55 Å². The third-order valence-corrected chi connectivity index (χ3v) is 9.25. The maximum absolute atomic E-state index is 12.7. The van der Waals surface area contributed by atoms with Crippen LogP contribution in [-0.4, -0.2) is 66.4 Å². The lowest BCUT2D eigenvalue weighted by molar-refractivity contribution is -0.159. The van der Waals surface area contributed by atoms with Gasteiger partial charge in [0.2, 0.25) is 0 Å². The number of rotatable bonds is 38. The summed E-state index contributed by atoms with van der Waals surface area (Å²) in [4.78, 5) is 41.7. The lowest BCUT2D eigenvalue weighted by atomic mass is 10.1. The van der Waals surface area contributed by atoms with Crippen LogP contribution in [-0.2, 0) is 33.3 Å². The van der Waals surface area contributed by atoms with Crippen molar-refractivity contribution in [2.75, 3.05) is 26.4 Å². The van der Waals surface area contributed by atoms with Gasteiger partial charge in [0, 0.05) is 51.3 Å². The first-order valence-electron chi connectivity index (χ1n) is 22.3. The van der Waals surface area contributed by atoms with E-state index in [1.807, 2.05) is 0 Å². The average Bonchev–Trinajstić information content (AvgIpc) is 3.76. The van der Waals surface area contributed by atoms with Crippen molar-refractivity contribution in [2.24, 2.45) is 0 Å². The van der Waals surface area contributed by atoms with Crippen LogP contribution in [0.15, 0.2) is 67.3 Å². The fraction of sp³-hybridized carbons (Fsp3) is 0.702. The summed E-state index contributed by atoms with van der Waals surface area (Å²) in [5, 5.41) is 0. The molecule has 324 valence electrons. The average molecular weight is 799 g/mol. The second-order valence-corrected chi connectivity index (χ2v) is 14.4. The van der Waals surface area contributed by atoms with Crippen molar-refractivity contribution in [3.63, 3.8) is 0 Å². The molecule has 0 bridgehead atoms. The van der Waals surface area contributed by atoms with E-state index in [9.17, 15) is 14.4 Å². The second-order valence-electron chi connectivity index (χ2n) is 14.4. The number of nitrogens with zero attached hydrogens (tertiary/aromatic N) is 2. The molecule has 10 nitrogen and oxygen atoms in total. The topological polar surface area (TPSA) is 115 Å². The van der Waals surface area contributed by atoms with E-state index < -0.39 is 18.5 Å². The highest BCUT2D eigenvalue weighted by Crippen LogP contribution is 2.13. The first-order valence-corrected chi connectivity index (χ1v) is 22.3. The molecular weight excluding hydrogens is 721 g/mol. The van der Waals surface area contributed by atoms with Crippen molar-refractivity contribution in [3.05, 3.63) is 67.3 Å². The number of unbranched alkanes of at least 4 members (excludes halogenated alkanes) is 12. The zero-order valence-corrected chi connectivity index (χ0v) is 36.0. The molecule has 0 saturated carbocycles. The molecule has 1 rings (SSSR count). The minimum Gasteiger partial charge on any atom is -0.466 e. The molecule has 0 N–H and O–H groups in total. The molecule has 0 spiro atoms. The number of hydrogen-bond acceptors (Lipinski definition) is 9. The van der Waals surface area contributed by atoms with Gasteiger partial charge in [0.25, 0.3) is 0 Å². The smallest absolute Gasteiger partial charge is 0.419 e. The normalized spacial score (nSPS) is 12.5. The molecular formula is C47H78N2O8. The molecule has 0 fully saturated rings. The van der Waals surface area contributed by atoms with Crippen molar-refractivity contribution < 1.29 is 38.1 Å². The van der Waals surface area contributed by atoms with Crippen LogP contribution in [0, 0.1) is 0 Å². The molecule has 1 heterocycles. The molecule has 10 heteroatoms. The second kappa shape index (κ2) is 39.3. The lowest BCUT2D eigenvalue weighted by Gasteiger charge is -2.19. The van der Waals surface area contributed by atoms with Gasteiger partial charge in [-0.2, -0.15) is 0 Å². The Kier molecular flexibility index (Phi) is 35.5. The van der Waals surface area contributed by atoms with E-state index in [1.54, 1.807) is 0 Å².